The maximum Gasteiger partial charge on any atom is 0.266 e. The Labute approximate surface area is 179 Å². The highest BCUT2D eigenvalue weighted by Gasteiger charge is 2.22. The maximum absolute atomic E-state index is 14.5. The molecule has 1 aliphatic heterocycles. The smallest absolute Gasteiger partial charge is 0.266 e. The largest absolute Gasteiger partial charge is 0.384 e. The number of nitrogens with one attached hydrogen (secondary N) is 2. The third kappa shape index (κ3) is 6.26. The van der Waals surface area contributed by atoms with Gasteiger partial charge in [0, 0.05) is 24.2 Å². The van der Waals surface area contributed by atoms with Crippen molar-refractivity contribution in [3.05, 3.63) is 34.5 Å². The average Bonchev–Trinajstić information content (AvgIpc) is 3.17. The molecule has 1 aromatic carbocycles. The molecule has 4 N–H and O–H groups in total. The molecule has 0 radical (unpaired) electrons. The average molecular weight is 462 g/mol. The molecule has 0 spiro atoms. The zero-order chi connectivity index (χ0) is 20.9. The molecule has 1 saturated heterocycles. The van der Waals surface area contributed by atoms with E-state index in [2.05, 4.69) is 19.9 Å². The lowest BCUT2D eigenvalue weighted by Gasteiger charge is -2.29. The highest BCUT2D eigenvalue weighted by Crippen LogP contribution is 2.29. The predicted octanol–water partition coefficient (Wildman–Crippen LogP) is 3.35. The molecular weight excluding hydrogens is 437 g/mol. The number of nitrogens with two attached hydrogens (primary N) is 1. The first-order valence-corrected chi connectivity index (χ1v) is 12.2. The number of halogens is 2. The number of unbranched alkanes of at least 4 members (excludes halogenated alkanes) is 1. The maximum atomic E-state index is 14.5. The first-order chi connectivity index (χ1) is 13.8. The Morgan fingerprint density at radius 2 is 2.07 bits per heavy atom. The number of hydrogen-bond donors (Lipinski definition) is 3. The third-order valence-corrected chi connectivity index (χ3v) is 7.30. The standard InChI is InChI=1S/C18H25ClFN5O2S2/c19-14-11-17(29(26,27)24-18-23-6-10-28-18)15(20)12-16(14)22-5-1-2-7-25-8-3-13(21)4-9-25/h6,10-13,22H,1-5,7-9,21H2,(H,23,24). The molecule has 0 amide bonds. The fourth-order valence-corrected chi connectivity index (χ4v) is 5.34. The summed E-state index contributed by atoms with van der Waals surface area (Å²) in [6.07, 6.45) is 5.44. The first-order valence-electron chi connectivity index (χ1n) is 9.48. The van der Waals surface area contributed by atoms with Gasteiger partial charge in [0.1, 0.15) is 10.7 Å². The van der Waals surface area contributed by atoms with Crippen LogP contribution >= 0.6 is 22.9 Å². The van der Waals surface area contributed by atoms with Crippen molar-refractivity contribution in [1.82, 2.24) is 9.88 Å². The van der Waals surface area contributed by atoms with Gasteiger partial charge < -0.3 is 16.0 Å². The molecular formula is C18H25ClFN5O2S2. The van der Waals surface area contributed by atoms with E-state index in [-0.39, 0.29) is 10.2 Å². The van der Waals surface area contributed by atoms with E-state index in [0.29, 0.717) is 18.3 Å². The fraction of sp³-hybridized carbons (Fsp3) is 0.500. The summed E-state index contributed by atoms with van der Waals surface area (Å²) in [5, 5.41) is 5.02. The Balaban J connectivity index is 1.51. The normalized spacial score (nSPS) is 16.1. The van der Waals surface area contributed by atoms with Crippen LogP contribution in [-0.4, -0.2) is 50.5 Å². The Hall–Kier alpha value is -1.46. The highest BCUT2D eigenvalue weighted by atomic mass is 35.5. The SMILES string of the molecule is NC1CCN(CCCCNc2cc(F)c(S(=O)(=O)Nc3nccs3)cc2Cl)CC1. The summed E-state index contributed by atoms with van der Waals surface area (Å²) in [5.41, 5.74) is 6.29. The van der Waals surface area contributed by atoms with E-state index in [0.717, 1.165) is 68.8 Å². The van der Waals surface area contributed by atoms with Crippen molar-refractivity contribution in [2.45, 2.75) is 36.6 Å². The van der Waals surface area contributed by atoms with Crippen molar-refractivity contribution in [2.24, 2.45) is 5.73 Å². The summed E-state index contributed by atoms with van der Waals surface area (Å²) in [4.78, 5) is 5.74. The Morgan fingerprint density at radius 3 is 2.76 bits per heavy atom. The molecule has 1 aromatic heterocycles. The summed E-state index contributed by atoms with van der Waals surface area (Å²) in [7, 11) is -4.10. The van der Waals surface area contributed by atoms with Crippen molar-refractivity contribution in [2.75, 3.05) is 36.2 Å². The molecule has 0 saturated carbocycles. The number of benzene rings is 1. The molecule has 0 bridgehead atoms. The topological polar surface area (TPSA) is 100 Å². The number of anilines is 2. The number of thiazole rings is 1. The van der Waals surface area contributed by atoms with E-state index in [1.807, 2.05) is 0 Å². The second-order valence-electron chi connectivity index (χ2n) is 7.02. The Morgan fingerprint density at radius 1 is 1.31 bits per heavy atom. The molecule has 2 heterocycles. The van der Waals surface area contributed by atoms with Crippen LogP contribution in [0.3, 0.4) is 0 Å². The van der Waals surface area contributed by atoms with Crippen LogP contribution in [0.4, 0.5) is 15.2 Å². The molecule has 3 rings (SSSR count). The van der Waals surface area contributed by atoms with Gasteiger partial charge in [0.25, 0.3) is 10.0 Å². The van der Waals surface area contributed by atoms with Gasteiger partial charge in [0.2, 0.25) is 0 Å². The Kier molecular flexibility index (Phi) is 7.69. The number of nitrogens with zero attached hydrogens (tertiary/aromatic N) is 2. The van der Waals surface area contributed by atoms with Gasteiger partial charge in [0.05, 0.1) is 10.7 Å². The number of likely N-dealkylation sites (tertiary alicyclic amines) is 1. The molecule has 29 heavy (non-hydrogen) atoms. The molecule has 0 aliphatic carbocycles. The number of sulfonamides is 1. The molecule has 1 fully saturated rings. The molecule has 2 aromatic rings. The van der Waals surface area contributed by atoms with E-state index in [9.17, 15) is 12.8 Å². The van der Waals surface area contributed by atoms with Crippen LogP contribution in [0.1, 0.15) is 25.7 Å². The van der Waals surface area contributed by atoms with Gasteiger partial charge in [-0.25, -0.2) is 17.8 Å². The van der Waals surface area contributed by atoms with E-state index >= 15 is 0 Å². The molecule has 0 atom stereocenters. The van der Waals surface area contributed by atoms with Crippen LogP contribution < -0.4 is 15.8 Å². The van der Waals surface area contributed by atoms with Crippen molar-refractivity contribution < 1.29 is 12.8 Å². The number of hydrogen-bond acceptors (Lipinski definition) is 7. The summed E-state index contributed by atoms with van der Waals surface area (Å²) >= 11 is 7.29. The minimum Gasteiger partial charge on any atom is -0.384 e. The third-order valence-electron chi connectivity index (χ3n) is 4.81. The minimum atomic E-state index is -4.10. The van der Waals surface area contributed by atoms with E-state index in [1.165, 1.54) is 6.20 Å². The lowest BCUT2D eigenvalue weighted by Crippen LogP contribution is -2.40. The number of aromatic nitrogens is 1. The zero-order valence-corrected chi connectivity index (χ0v) is 18.3. The van der Waals surface area contributed by atoms with Crippen LogP contribution in [0.5, 0.6) is 0 Å². The van der Waals surface area contributed by atoms with Gasteiger partial charge in [-0.15, -0.1) is 11.3 Å². The van der Waals surface area contributed by atoms with Crippen molar-refractivity contribution in [3.63, 3.8) is 0 Å². The lowest BCUT2D eigenvalue weighted by molar-refractivity contribution is 0.210. The molecule has 11 heteroatoms. The van der Waals surface area contributed by atoms with Gasteiger partial charge in [-0.1, -0.05) is 11.6 Å². The molecule has 0 unspecified atom stereocenters. The first kappa shape index (κ1) is 22.2. The van der Waals surface area contributed by atoms with Crippen LogP contribution in [0.2, 0.25) is 5.02 Å². The second-order valence-corrected chi connectivity index (χ2v) is 9.97. The summed E-state index contributed by atoms with van der Waals surface area (Å²) < 4.78 is 41.5. The van der Waals surface area contributed by atoms with Crippen molar-refractivity contribution in [3.8, 4) is 0 Å². The van der Waals surface area contributed by atoms with Crippen LogP contribution in [0.25, 0.3) is 0 Å². The van der Waals surface area contributed by atoms with Crippen molar-refractivity contribution >= 4 is 43.8 Å². The summed E-state index contributed by atoms with van der Waals surface area (Å²) in [6, 6.07) is 2.56. The monoisotopic (exact) mass is 461 g/mol. The van der Waals surface area contributed by atoms with E-state index < -0.39 is 20.7 Å². The zero-order valence-electron chi connectivity index (χ0n) is 15.9. The van der Waals surface area contributed by atoms with Gasteiger partial charge in [0.15, 0.2) is 5.13 Å². The van der Waals surface area contributed by atoms with E-state index in [4.69, 9.17) is 17.3 Å². The predicted molar refractivity (Wildman–Crippen MR) is 116 cm³/mol. The van der Waals surface area contributed by atoms with E-state index in [1.54, 1.807) is 5.38 Å². The summed E-state index contributed by atoms with van der Waals surface area (Å²) in [6.45, 7) is 3.71. The number of rotatable bonds is 9. The van der Waals surface area contributed by atoms with Crippen molar-refractivity contribution in [1.29, 1.82) is 0 Å². The van der Waals surface area contributed by atoms with Gasteiger partial charge in [-0.2, -0.15) is 0 Å². The van der Waals surface area contributed by atoms with Gasteiger partial charge in [-0.05, 0) is 57.5 Å². The molecule has 160 valence electrons. The number of piperidine rings is 1. The quantitative estimate of drug-likeness (QED) is 0.495. The molecule has 7 nitrogen and oxygen atoms in total. The van der Waals surface area contributed by atoms with Crippen LogP contribution in [0, 0.1) is 5.82 Å². The van der Waals surface area contributed by atoms with Gasteiger partial charge >= 0.3 is 0 Å². The molecule has 1 aliphatic rings. The highest BCUT2D eigenvalue weighted by molar-refractivity contribution is 7.93. The lowest BCUT2D eigenvalue weighted by atomic mass is 10.1. The van der Waals surface area contributed by atoms with Crippen LogP contribution in [0.15, 0.2) is 28.6 Å². The minimum absolute atomic E-state index is 0.149. The fourth-order valence-electron chi connectivity index (χ4n) is 3.17. The second kappa shape index (κ2) is 10.0. The van der Waals surface area contributed by atoms with Crippen LogP contribution in [-0.2, 0) is 10.0 Å². The van der Waals surface area contributed by atoms with Gasteiger partial charge in [-0.3, -0.25) is 4.72 Å². The summed E-state index contributed by atoms with van der Waals surface area (Å²) in [5.74, 6) is -0.870. The Bertz CT molecular complexity index is 903.